The van der Waals surface area contributed by atoms with Crippen molar-refractivity contribution in [1.29, 1.82) is 5.26 Å². The summed E-state index contributed by atoms with van der Waals surface area (Å²) >= 11 is 0. The Bertz CT molecular complexity index is 174. The molecule has 0 saturated heterocycles. The van der Waals surface area contributed by atoms with Crippen LogP contribution in [0.4, 0.5) is 0 Å². The molecule has 1 unspecified atom stereocenters. The van der Waals surface area contributed by atoms with Gasteiger partial charge in [-0.05, 0) is 26.4 Å². The maximum atomic E-state index is 10.9. The first-order valence-electron chi connectivity index (χ1n) is 4.07. The number of ketones is 1. The van der Waals surface area contributed by atoms with Gasteiger partial charge in [0.1, 0.15) is 6.07 Å². The molecule has 0 aromatic heterocycles. The molecule has 0 aromatic carbocycles. The van der Waals surface area contributed by atoms with Gasteiger partial charge in [-0.3, -0.25) is 4.79 Å². The van der Waals surface area contributed by atoms with Crippen molar-refractivity contribution in [2.45, 2.75) is 25.3 Å². The fourth-order valence-corrected chi connectivity index (χ4v) is 0.977. The number of carbonyl (C=O) groups is 1. The van der Waals surface area contributed by atoms with E-state index in [0.29, 0.717) is 13.0 Å². The molecule has 4 nitrogen and oxygen atoms in total. The van der Waals surface area contributed by atoms with Gasteiger partial charge in [-0.15, -0.1) is 0 Å². The monoisotopic (exact) mass is 169 g/mol. The number of rotatable bonds is 6. The highest BCUT2D eigenvalue weighted by molar-refractivity contribution is 5.97. The van der Waals surface area contributed by atoms with Gasteiger partial charge in [0.05, 0.1) is 6.04 Å². The number of unbranched alkanes of at least 4 members (excludes halogenated alkanes) is 1. The average Bonchev–Trinajstić information content (AvgIpc) is 2.11. The van der Waals surface area contributed by atoms with Crippen molar-refractivity contribution in [3.05, 3.63) is 0 Å². The summed E-state index contributed by atoms with van der Waals surface area (Å²) in [6.07, 6.45) is 2.48. The Labute approximate surface area is 72.7 Å². The van der Waals surface area contributed by atoms with Gasteiger partial charge in [-0.2, -0.15) is 5.26 Å². The smallest absolute Gasteiger partial charge is 0.248 e. The Balaban J connectivity index is 3.69. The van der Waals surface area contributed by atoms with Crippen LogP contribution >= 0.6 is 0 Å². The lowest BCUT2D eigenvalue weighted by Crippen LogP contribution is -2.33. The van der Waals surface area contributed by atoms with E-state index in [-0.39, 0.29) is 6.04 Å². The van der Waals surface area contributed by atoms with E-state index < -0.39 is 5.78 Å². The molecule has 0 bridgehead atoms. The van der Waals surface area contributed by atoms with Gasteiger partial charge >= 0.3 is 0 Å². The molecule has 0 spiro atoms. The molecule has 0 aliphatic carbocycles. The van der Waals surface area contributed by atoms with Gasteiger partial charge in [-0.1, -0.05) is 6.42 Å². The number of nitrogens with zero attached hydrogens (tertiary/aromatic N) is 1. The zero-order valence-electron chi connectivity index (χ0n) is 7.34. The standard InChI is InChI=1S/C8H15N3O/c1-11-7(8(12)6-10)4-2-3-5-9/h7,11H,2-5,9H2,1H3. The van der Waals surface area contributed by atoms with Crippen molar-refractivity contribution in [3.63, 3.8) is 0 Å². The van der Waals surface area contributed by atoms with Crippen molar-refractivity contribution in [3.8, 4) is 6.07 Å². The average molecular weight is 169 g/mol. The second-order valence-electron chi connectivity index (χ2n) is 2.60. The van der Waals surface area contributed by atoms with Crippen LogP contribution in [0.1, 0.15) is 19.3 Å². The van der Waals surface area contributed by atoms with Crippen molar-refractivity contribution in [2.75, 3.05) is 13.6 Å². The van der Waals surface area contributed by atoms with Gasteiger partial charge < -0.3 is 11.1 Å². The Kier molecular flexibility index (Phi) is 6.25. The van der Waals surface area contributed by atoms with Gasteiger partial charge in [-0.25, -0.2) is 0 Å². The third-order valence-electron chi connectivity index (χ3n) is 1.72. The number of hydrogen-bond acceptors (Lipinski definition) is 4. The molecule has 0 radical (unpaired) electrons. The molecule has 0 aliphatic rings. The molecular weight excluding hydrogens is 154 g/mol. The Morgan fingerprint density at radius 3 is 2.75 bits per heavy atom. The van der Waals surface area contributed by atoms with Gasteiger partial charge in [0.15, 0.2) is 0 Å². The minimum absolute atomic E-state index is 0.318. The number of hydrogen-bond donors (Lipinski definition) is 2. The van der Waals surface area contributed by atoms with Crippen LogP contribution in [0.2, 0.25) is 0 Å². The molecule has 0 rings (SSSR count). The first kappa shape index (κ1) is 11.1. The zero-order chi connectivity index (χ0) is 9.40. The van der Waals surface area contributed by atoms with Gasteiger partial charge in [0.2, 0.25) is 5.78 Å². The molecular formula is C8H15N3O. The summed E-state index contributed by atoms with van der Waals surface area (Å²) in [6, 6.07) is 1.29. The van der Waals surface area contributed by atoms with E-state index in [1.807, 2.05) is 0 Å². The highest BCUT2D eigenvalue weighted by Crippen LogP contribution is 2.00. The van der Waals surface area contributed by atoms with Gasteiger partial charge in [0.25, 0.3) is 0 Å². The summed E-state index contributed by atoms with van der Waals surface area (Å²) in [4.78, 5) is 10.9. The summed E-state index contributed by atoms with van der Waals surface area (Å²) < 4.78 is 0. The minimum Gasteiger partial charge on any atom is -0.330 e. The highest BCUT2D eigenvalue weighted by Gasteiger charge is 2.14. The van der Waals surface area contributed by atoms with E-state index >= 15 is 0 Å². The highest BCUT2D eigenvalue weighted by atomic mass is 16.1. The minimum atomic E-state index is -0.394. The second-order valence-corrected chi connectivity index (χ2v) is 2.60. The lowest BCUT2D eigenvalue weighted by molar-refractivity contribution is -0.115. The van der Waals surface area contributed by atoms with Crippen LogP contribution in [0, 0.1) is 11.3 Å². The van der Waals surface area contributed by atoms with Crippen LogP contribution in [0.25, 0.3) is 0 Å². The molecule has 12 heavy (non-hydrogen) atoms. The van der Waals surface area contributed by atoms with Gasteiger partial charge in [0, 0.05) is 0 Å². The summed E-state index contributed by atoms with van der Waals surface area (Å²) in [7, 11) is 1.68. The molecule has 0 aromatic rings. The molecule has 0 aliphatic heterocycles. The lowest BCUT2D eigenvalue weighted by atomic mass is 10.1. The van der Waals surface area contributed by atoms with E-state index in [1.54, 1.807) is 13.1 Å². The quantitative estimate of drug-likeness (QED) is 0.426. The molecule has 68 valence electrons. The van der Waals surface area contributed by atoms with Crippen LogP contribution in [0.3, 0.4) is 0 Å². The molecule has 1 atom stereocenters. The first-order valence-corrected chi connectivity index (χ1v) is 4.07. The second kappa shape index (κ2) is 6.77. The summed E-state index contributed by atoms with van der Waals surface area (Å²) in [6.45, 7) is 0.636. The fraction of sp³-hybridized carbons (Fsp3) is 0.750. The van der Waals surface area contributed by atoms with Crippen molar-refractivity contribution >= 4 is 5.78 Å². The van der Waals surface area contributed by atoms with E-state index in [1.165, 1.54) is 0 Å². The number of Topliss-reactive ketones (excluding diaryl/α,β-unsaturated/α-hetero) is 1. The Morgan fingerprint density at radius 1 is 1.67 bits per heavy atom. The molecule has 4 heteroatoms. The van der Waals surface area contributed by atoms with Crippen LogP contribution in [0.5, 0.6) is 0 Å². The molecule has 3 N–H and O–H groups in total. The molecule has 0 heterocycles. The summed E-state index contributed by atoms with van der Waals surface area (Å²) in [5.41, 5.74) is 5.29. The third kappa shape index (κ3) is 4.06. The van der Waals surface area contributed by atoms with Crippen molar-refractivity contribution in [1.82, 2.24) is 5.32 Å². The zero-order valence-corrected chi connectivity index (χ0v) is 7.34. The van der Waals surface area contributed by atoms with Crippen molar-refractivity contribution < 1.29 is 4.79 Å². The van der Waals surface area contributed by atoms with Crippen molar-refractivity contribution in [2.24, 2.45) is 5.73 Å². The normalized spacial score (nSPS) is 12.1. The van der Waals surface area contributed by atoms with Crippen LogP contribution < -0.4 is 11.1 Å². The summed E-state index contributed by atoms with van der Waals surface area (Å²) in [5.74, 6) is -0.394. The van der Waals surface area contributed by atoms with Crippen LogP contribution in [-0.2, 0) is 4.79 Å². The molecule has 0 fully saturated rings. The first-order chi connectivity index (χ1) is 5.76. The predicted molar refractivity (Wildman–Crippen MR) is 46.4 cm³/mol. The number of nitrogens with two attached hydrogens (primary N) is 1. The number of carbonyl (C=O) groups excluding carboxylic acids is 1. The SMILES string of the molecule is CNC(CCCCN)C(=O)C#N. The molecule has 0 amide bonds. The Hall–Kier alpha value is -0.920. The van der Waals surface area contributed by atoms with E-state index in [0.717, 1.165) is 12.8 Å². The van der Waals surface area contributed by atoms with E-state index in [4.69, 9.17) is 11.0 Å². The number of likely N-dealkylation sites (N-methyl/N-ethyl adjacent to an activating group) is 1. The fourth-order valence-electron chi connectivity index (χ4n) is 0.977. The maximum Gasteiger partial charge on any atom is 0.248 e. The van der Waals surface area contributed by atoms with Crippen LogP contribution in [0.15, 0.2) is 0 Å². The number of nitrogens with one attached hydrogen (secondary N) is 1. The largest absolute Gasteiger partial charge is 0.330 e. The Morgan fingerprint density at radius 2 is 2.33 bits per heavy atom. The third-order valence-corrected chi connectivity index (χ3v) is 1.72. The summed E-state index contributed by atoms with van der Waals surface area (Å²) in [5, 5.41) is 11.1. The topological polar surface area (TPSA) is 78.9 Å². The molecule has 0 saturated carbocycles. The van der Waals surface area contributed by atoms with E-state index in [9.17, 15) is 4.79 Å². The maximum absolute atomic E-state index is 10.9. The predicted octanol–water partition coefficient (Wildman–Crippen LogP) is -0.204. The lowest BCUT2D eigenvalue weighted by Gasteiger charge is -2.09. The van der Waals surface area contributed by atoms with Crippen LogP contribution in [-0.4, -0.2) is 25.4 Å². The van der Waals surface area contributed by atoms with E-state index in [2.05, 4.69) is 5.32 Å². The number of nitriles is 1.